The number of thiophene rings is 1. The zero-order valence-corrected chi connectivity index (χ0v) is 10.9. The van der Waals surface area contributed by atoms with E-state index in [4.69, 9.17) is 0 Å². The number of aromatic nitrogens is 1. The van der Waals surface area contributed by atoms with Gasteiger partial charge in [0.15, 0.2) is 0 Å². The van der Waals surface area contributed by atoms with Crippen LogP contribution in [0.15, 0.2) is 64.0 Å². The molecule has 3 aromatic rings. The van der Waals surface area contributed by atoms with Gasteiger partial charge >= 0.3 is 0 Å². The molecule has 1 nitrogen and oxygen atoms in total. The van der Waals surface area contributed by atoms with Gasteiger partial charge in [0, 0.05) is 22.2 Å². The molecule has 0 unspecified atom stereocenters. The molecular formula is C13H10BrNS. The Kier molecular flexibility index (Phi) is 4.08. The summed E-state index contributed by atoms with van der Waals surface area (Å²) >= 11 is 4.98. The maximum atomic E-state index is 4.01. The van der Waals surface area contributed by atoms with E-state index >= 15 is 0 Å². The molecule has 0 radical (unpaired) electrons. The Morgan fingerprint density at radius 1 is 1.00 bits per heavy atom. The van der Waals surface area contributed by atoms with E-state index < -0.39 is 0 Å². The molecular weight excluding hydrogens is 282 g/mol. The lowest BCUT2D eigenvalue weighted by Gasteiger charge is -1.91. The van der Waals surface area contributed by atoms with Crippen LogP contribution in [-0.4, -0.2) is 4.98 Å². The van der Waals surface area contributed by atoms with Gasteiger partial charge in [-0.15, -0.1) is 0 Å². The van der Waals surface area contributed by atoms with Gasteiger partial charge in [-0.2, -0.15) is 11.3 Å². The number of fused-ring (bicyclic) bond motifs is 1. The Bertz CT molecular complexity index is 483. The number of pyridine rings is 1. The molecule has 16 heavy (non-hydrogen) atoms. The van der Waals surface area contributed by atoms with Gasteiger partial charge in [0.25, 0.3) is 0 Å². The van der Waals surface area contributed by atoms with Gasteiger partial charge in [-0.1, -0.05) is 24.3 Å². The Balaban J connectivity index is 0.000000138. The van der Waals surface area contributed by atoms with Crippen molar-refractivity contribution >= 4 is 38.0 Å². The minimum atomic E-state index is 1.17. The summed E-state index contributed by atoms with van der Waals surface area (Å²) in [5.41, 5.74) is 0. The number of benzene rings is 1. The molecule has 0 bridgehead atoms. The fraction of sp³-hybridized carbons (Fsp3) is 0. The van der Waals surface area contributed by atoms with E-state index in [0.717, 1.165) is 0 Å². The third-order valence-corrected chi connectivity index (χ3v) is 3.52. The van der Waals surface area contributed by atoms with Crippen molar-refractivity contribution in [3.05, 3.63) is 64.0 Å². The van der Waals surface area contributed by atoms with E-state index in [0.29, 0.717) is 0 Å². The molecule has 3 rings (SSSR count). The largest absolute Gasteiger partial charge is 0.264 e. The number of halogens is 1. The van der Waals surface area contributed by atoms with E-state index in [2.05, 4.69) is 33.0 Å². The van der Waals surface area contributed by atoms with Crippen LogP contribution in [0.5, 0.6) is 0 Å². The molecule has 0 saturated carbocycles. The van der Waals surface area contributed by atoms with Crippen LogP contribution >= 0.6 is 27.3 Å². The summed E-state index contributed by atoms with van der Waals surface area (Å²) in [5, 5.41) is 6.52. The third kappa shape index (κ3) is 3.15. The fourth-order valence-electron chi connectivity index (χ4n) is 1.27. The molecule has 0 aliphatic carbocycles. The van der Waals surface area contributed by atoms with Crippen LogP contribution in [-0.2, 0) is 0 Å². The zero-order chi connectivity index (χ0) is 11.2. The van der Waals surface area contributed by atoms with Crippen LogP contribution in [0.2, 0.25) is 0 Å². The molecule has 0 saturated heterocycles. The first-order valence-corrected chi connectivity index (χ1v) is 6.56. The van der Waals surface area contributed by atoms with Gasteiger partial charge in [0.1, 0.15) is 0 Å². The Labute approximate surface area is 107 Å². The predicted molar refractivity (Wildman–Crippen MR) is 73.8 cm³/mol. The van der Waals surface area contributed by atoms with E-state index in [9.17, 15) is 0 Å². The maximum absolute atomic E-state index is 4.01. The van der Waals surface area contributed by atoms with Crippen LogP contribution in [0.4, 0.5) is 0 Å². The number of hydrogen-bond acceptors (Lipinski definition) is 2. The molecule has 0 fully saturated rings. The summed E-state index contributed by atoms with van der Waals surface area (Å²) in [7, 11) is 0. The third-order valence-electron chi connectivity index (χ3n) is 2.04. The molecule has 1 aromatic carbocycles. The fourth-order valence-corrected chi connectivity index (χ4v) is 2.42. The zero-order valence-electron chi connectivity index (χ0n) is 8.51. The van der Waals surface area contributed by atoms with Crippen molar-refractivity contribution in [3.63, 3.8) is 0 Å². The highest BCUT2D eigenvalue weighted by molar-refractivity contribution is 9.10. The van der Waals surface area contributed by atoms with Gasteiger partial charge in [0.2, 0.25) is 0 Å². The lowest BCUT2D eigenvalue weighted by atomic mass is 10.2. The van der Waals surface area contributed by atoms with Crippen molar-refractivity contribution in [2.75, 3.05) is 0 Å². The second-order valence-corrected chi connectivity index (χ2v) is 4.86. The molecule has 3 heteroatoms. The Morgan fingerprint density at radius 2 is 1.81 bits per heavy atom. The standard InChI is InChI=1S/C9H7N.C4H3BrS/c1-2-4-9-7-10-6-5-8(9)3-1;5-4-1-2-6-3-4/h1-7H;1-3H. The van der Waals surface area contributed by atoms with Gasteiger partial charge in [0.05, 0.1) is 0 Å². The number of nitrogens with zero attached hydrogens (tertiary/aromatic N) is 1. The summed E-state index contributed by atoms with van der Waals surface area (Å²) in [6.07, 6.45) is 3.68. The monoisotopic (exact) mass is 291 g/mol. The second kappa shape index (κ2) is 5.77. The topological polar surface area (TPSA) is 12.9 Å². The van der Waals surface area contributed by atoms with Gasteiger partial charge in [-0.3, -0.25) is 4.98 Å². The molecule has 0 aliphatic rings. The van der Waals surface area contributed by atoms with Crippen LogP contribution in [0, 0.1) is 0 Å². The van der Waals surface area contributed by atoms with Gasteiger partial charge in [-0.05, 0) is 44.2 Å². The highest BCUT2D eigenvalue weighted by Gasteiger charge is 1.86. The summed E-state index contributed by atoms with van der Waals surface area (Å²) in [6, 6.07) is 12.2. The summed E-state index contributed by atoms with van der Waals surface area (Å²) < 4.78 is 1.17. The summed E-state index contributed by atoms with van der Waals surface area (Å²) in [6.45, 7) is 0. The normalized spacial score (nSPS) is 9.56. The maximum Gasteiger partial charge on any atom is 0.0346 e. The molecule has 0 amide bonds. The molecule has 2 heterocycles. The van der Waals surface area contributed by atoms with Crippen molar-refractivity contribution in [2.45, 2.75) is 0 Å². The molecule has 80 valence electrons. The Morgan fingerprint density at radius 3 is 2.38 bits per heavy atom. The minimum Gasteiger partial charge on any atom is -0.264 e. The van der Waals surface area contributed by atoms with Crippen molar-refractivity contribution < 1.29 is 0 Å². The van der Waals surface area contributed by atoms with E-state index in [1.807, 2.05) is 47.4 Å². The minimum absolute atomic E-state index is 1.17. The number of rotatable bonds is 0. The van der Waals surface area contributed by atoms with Gasteiger partial charge < -0.3 is 0 Å². The van der Waals surface area contributed by atoms with Crippen LogP contribution < -0.4 is 0 Å². The average molecular weight is 292 g/mol. The van der Waals surface area contributed by atoms with Crippen molar-refractivity contribution in [1.82, 2.24) is 4.98 Å². The first-order chi connectivity index (χ1) is 7.86. The number of hydrogen-bond donors (Lipinski definition) is 0. The summed E-state index contributed by atoms with van der Waals surface area (Å²) in [4.78, 5) is 4.01. The molecule has 2 aromatic heterocycles. The van der Waals surface area contributed by atoms with Crippen LogP contribution in [0.1, 0.15) is 0 Å². The van der Waals surface area contributed by atoms with Crippen molar-refractivity contribution in [1.29, 1.82) is 0 Å². The van der Waals surface area contributed by atoms with E-state index in [1.165, 1.54) is 15.2 Å². The first kappa shape index (κ1) is 11.3. The summed E-state index contributed by atoms with van der Waals surface area (Å²) in [5.74, 6) is 0. The first-order valence-electron chi connectivity index (χ1n) is 4.83. The second-order valence-electron chi connectivity index (χ2n) is 3.16. The highest BCUT2D eigenvalue weighted by atomic mass is 79.9. The van der Waals surface area contributed by atoms with E-state index in [-0.39, 0.29) is 0 Å². The molecule has 0 atom stereocenters. The lowest BCUT2D eigenvalue weighted by Crippen LogP contribution is -1.71. The van der Waals surface area contributed by atoms with Crippen molar-refractivity contribution in [2.24, 2.45) is 0 Å². The predicted octanol–water partition coefficient (Wildman–Crippen LogP) is 4.75. The molecule has 0 N–H and O–H groups in total. The highest BCUT2D eigenvalue weighted by Crippen LogP contribution is 2.11. The van der Waals surface area contributed by atoms with Crippen LogP contribution in [0.3, 0.4) is 0 Å². The quantitative estimate of drug-likeness (QED) is 0.583. The average Bonchev–Trinajstić information content (AvgIpc) is 2.81. The SMILES string of the molecule is Brc1ccsc1.c1ccc2cnccc2c1. The lowest BCUT2D eigenvalue weighted by molar-refractivity contribution is 1.36. The van der Waals surface area contributed by atoms with E-state index in [1.54, 1.807) is 11.3 Å². The molecule has 0 aliphatic heterocycles. The molecule has 0 spiro atoms. The van der Waals surface area contributed by atoms with Crippen LogP contribution in [0.25, 0.3) is 10.8 Å². The smallest absolute Gasteiger partial charge is 0.0346 e. The van der Waals surface area contributed by atoms with Crippen molar-refractivity contribution in [3.8, 4) is 0 Å². The Hall–Kier alpha value is -1.19. The van der Waals surface area contributed by atoms with Gasteiger partial charge in [-0.25, -0.2) is 0 Å².